The first-order chi connectivity index (χ1) is 16.0. The van der Waals surface area contributed by atoms with E-state index in [-0.39, 0.29) is 11.5 Å². The van der Waals surface area contributed by atoms with Crippen molar-refractivity contribution in [1.29, 1.82) is 0 Å². The summed E-state index contributed by atoms with van der Waals surface area (Å²) >= 11 is 0. The van der Waals surface area contributed by atoms with Crippen LogP contribution in [0.25, 0.3) is 33.2 Å². The Balaban J connectivity index is 1.55. The zero-order chi connectivity index (χ0) is 22.9. The first kappa shape index (κ1) is 20.4. The summed E-state index contributed by atoms with van der Waals surface area (Å²) in [6.45, 7) is 2.44. The molecule has 0 aliphatic rings. The summed E-state index contributed by atoms with van der Waals surface area (Å²) in [4.78, 5) is 25.8. The smallest absolute Gasteiger partial charge is 0.362 e. The number of nitrogens with zero attached hydrogens (tertiary/aromatic N) is 1. The number of benzene rings is 3. The number of hydrogen-bond acceptors (Lipinski definition) is 6. The van der Waals surface area contributed by atoms with Gasteiger partial charge in [0.15, 0.2) is 11.4 Å². The lowest BCUT2D eigenvalue weighted by molar-refractivity contribution is 0.102. The zero-order valence-electron chi connectivity index (χ0n) is 17.5. The zero-order valence-corrected chi connectivity index (χ0v) is 17.5. The first-order valence-electron chi connectivity index (χ1n) is 10.3. The van der Waals surface area contributed by atoms with Gasteiger partial charge in [0.2, 0.25) is 0 Å². The minimum absolute atomic E-state index is 0.0322. The highest BCUT2D eigenvalue weighted by Crippen LogP contribution is 2.31. The number of aromatic nitrogens is 1. The fraction of sp³-hybridized carbons (Fsp3) is 0.0800. The van der Waals surface area contributed by atoms with Crippen molar-refractivity contribution in [3.8, 4) is 11.3 Å². The number of amides is 1. The number of nitrogens with one attached hydrogen (secondary N) is 2. The number of halogens is 1. The highest BCUT2D eigenvalue weighted by Gasteiger charge is 2.19. The van der Waals surface area contributed by atoms with E-state index in [2.05, 4.69) is 15.8 Å². The molecule has 0 aliphatic carbocycles. The van der Waals surface area contributed by atoms with Gasteiger partial charge < -0.3 is 19.6 Å². The van der Waals surface area contributed by atoms with Crippen LogP contribution in [0.5, 0.6) is 0 Å². The van der Waals surface area contributed by atoms with Gasteiger partial charge in [-0.2, -0.15) is 0 Å². The Morgan fingerprint density at radius 1 is 1.00 bits per heavy atom. The van der Waals surface area contributed by atoms with E-state index in [1.165, 1.54) is 12.1 Å². The average Bonchev–Trinajstić information content (AvgIpc) is 3.25. The van der Waals surface area contributed by atoms with Crippen LogP contribution in [0.3, 0.4) is 0 Å². The second kappa shape index (κ2) is 8.23. The fourth-order valence-corrected chi connectivity index (χ4v) is 3.70. The van der Waals surface area contributed by atoms with Crippen LogP contribution in [0.1, 0.15) is 17.3 Å². The van der Waals surface area contributed by atoms with Gasteiger partial charge in [-0.05, 0) is 61.5 Å². The maximum atomic E-state index is 13.3. The van der Waals surface area contributed by atoms with E-state index in [1.54, 1.807) is 42.5 Å². The largest absolute Gasteiger partial charge is 0.421 e. The fourth-order valence-electron chi connectivity index (χ4n) is 3.70. The van der Waals surface area contributed by atoms with Crippen molar-refractivity contribution in [3.05, 3.63) is 88.5 Å². The number of para-hydroxylation sites is 1. The van der Waals surface area contributed by atoms with Gasteiger partial charge in [0.1, 0.15) is 16.9 Å². The van der Waals surface area contributed by atoms with E-state index < -0.39 is 11.5 Å². The number of hydrogen-bond donors (Lipinski definition) is 2. The second-order valence-electron chi connectivity index (χ2n) is 7.37. The quantitative estimate of drug-likeness (QED) is 0.352. The molecule has 2 N–H and O–H groups in total. The third kappa shape index (κ3) is 3.71. The Bertz CT molecular complexity index is 1550. The SMILES string of the molecule is CCNc1c(NC(=O)c2ccc3noc(-c4ccc(F)cc4)c3c2)c(=O)oc2ccccc12. The van der Waals surface area contributed by atoms with E-state index in [0.717, 1.165) is 0 Å². The highest BCUT2D eigenvalue weighted by atomic mass is 19.1. The van der Waals surface area contributed by atoms with Crippen molar-refractivity contribution in [2.45, 2.75) is 6.92 Å². The molecule has 5 rings (SSSR count). The Hall–Kier alpha value is -4.46. The number of fused-ring (bicyclic) bond motifs is 2. The first-order valence-corrected chi connectivity index (χ1v) is 10.3. The van der Waals surface area contributed by atoms with E-state index >= 15 is 0 Å². The van der Waals surface area contributed by atoms with Crippen molar-refractivity contribution in [2.24, 2.45) is 0 Å². The third-order valence-corrected chi connectivity index (χ3v) is 5.25. The van der Waals surface area contributed by atoms with Gasteiger partial charge in [-0.25, -0.2) is 9.18 Å². The maximum Gasteiger partial charge on any atom is 0.362 e. The minimum Gasteiger partial charge on any atom is -0.421 e. The van der Waals surface area contributed by atoms with Crippen LogP contribution in [0, 0.1) is 5.82 Å². The number of carbonyl (C=O) groups excluding carboxylic acids is 1. The Morgan fingerprint density at radius 2 is 1.79 bits per heavy atom. The van der Waals surface area contributed by atoms with Crippen LogP contribution < -0.4 is 16.3 Å². The number of anilines is 2. The summed E-state index contributed by atoms with van der Waals surface area (Å²) in [7, 11) is 0. The monoisotopic (exact) mass is 443 g/mol. The lowest BCUT2D eigenvalue weighted by Crippen LogP contribution is -2.20. The second-order valence-corrected chi connectivity index (χ2v) is 7.37. The molecule has 2 aromatic heterocycles. The summed E-state index contributed by atoms with van der Waals surface area (Å²) in [6, 6.07) is 17.7. The van der Waals surface area contributed by atoms with Gasteiger partial charge in [-0.15, -0.1) is 0 Å². The van der Waals surface area contributed by atoms with E-state index in [1.807, 2.05) is 19.1 Å². The molecule has 0 saturated heterocycles. The van der Waals surface area contributed by atoms with E-state index in [0.29, 0.717) is 51.0 Å². The third-order valence-electron chi connectivity index (χ3n) is 5.25. The van der Waals surface area contributed by atoms with Gasteiger partial charge in [-0.3, -0.25) is 4.79 Å². The molecule has 0 spiro atoms. The molecular formula is C25H18FN3O4. The predicted molar refractivity (Wildman–Crippen MR) is 124 cm³/mol. The summed E-state index contributed by atoms with van der Waals surface area (Å²) < 4.78 is 24.1. The Labute approximate surface area is 186 Å². The summed E-state index contributed by atoms with van der Waals surface area (Å²) in [5.41, 5.74) is 1.76. The Morgan fingerprint density at radius 3 is 2.58 bits per heavy atom. The minimum atomic E-state index is -0.656. The molecule has 0 aliphatic heterocycles. The number of rotatable bonds is 5. The van der Waals surface area contributed by atoms with Crippen LogP contribution >= 0.6 is 0 Å². The van der Waals surface area contributed by atoms with Crippen molar-refractivity contribution >= 4 is 39.2 Å². The molecule has 0 bridgehead atoms. The van der Waals surface area contributed by atoms with Crippen LogP contribution in [0.2, 0.25) is 0 Å². The van der Waals surface area contributed by atoms with Gasteiger partial charge in [0.05, 0.1) is 11.1 Å². The lowest BCUT2D eigenvalue weighted by atomic mass is 10.1. The van der Waals surface area contributed by atoms with E-state index in [4.69, 9.17) is 8.94 Å². The topological polar surface area (TPSA) is 97.4 Å². The van der Waals surface area contributed by atoms with Gasteiger partial charge >= 0.3 is 5.63 Å². The molecule has 8 heteroatoms. The molecule has 164 valence electrons. The molecule has 0 atom stereocenters. The van der Waals surface area contributed by atoms with Crippen molar-refractivity contribution in [3.63, 3.8) is 0 Å². The van der Waals surface area contributed by atoms with Crippen molar-refractivity contribution in [2.75, 3.05) is 17.2 Å². The van der Waals surface area contributed by atoms with Crippen molar-refractivity contribution < 1.29 is 18.1 Å². The number of carbonyl (C=O) groups is 1. The molecular weight excluding hydrogens is 425 g/mol. The highest BCUT2D eigenvalue weighted by molar-refractivity contribution is 6.10. The van der Waals surface area contributed by atoms with Crippen LogP contribution in [-0.2, 0) is 0 Å². The molecule has 2 heterocycles. The molecule has 1 amide bonds. The van der Waals surface area contributed by atoms with E-state index in [9.17, 15) is 14.0 Å². The molecule has 3 aromatic carbocycles. The van der Waals surface area contributed by atoms with Crippen LogP contribution in [0.4, 0.5) is 15.8 Å². The predicted octanol–water partition coefficient (Wildman–Crippen LogP) is 5.42. The normalized spacial score (nSPS) is 11.1. The van der Waals surface area contributed by atoms with Gasteiger partial charge in [0, 0.05) is 23.1 Å². The molecule has 5 aromatic rings. The average molecular weight is 443 g/mol. The molecule has 0 unspecified atom stereocenters. The summed E-state index contributed by atoms with van der Waals surface area (Å²) in [5, 5.41) is 11.1. The van der Waals surface area contributed by atoms with Crippen molar-refractivity contribution in [1.82, 2.24) is 5.16 Å². The molecule has 0 radical (unpaired) electrons. The van der Waals surface area contributed by atoms with Crippen LogP contribution in [-0.4, -0.2) is 17.6 Å². The molecule has 0 saturated carbocycles. The van der Waals surface area contributed by atoms with Crippen LogP contribution in [0.15, 0.2) is 80.5 Å². The Kier molecular flexibility index (Phi) is 5.10. The summed E-state index contributed by atoms with van der Waals surface area (Å²) in [6.07, 6.45) is 0. The standard InChI is InChI=1S/C25H18FN3O4/c1-2-27-21-17-5-3-4-6-20(17)32-25(31)22(21)28-24(30)15-9-12-19-18(13-15)23(33-29-19)14-7-10-16(26)11-8-14/h3-13,27H,2H2,1H3,(H,28,30). The maximum absolute atomic E-state index is 13.3. The molecule has 33 heavy (non-hydrogen) atoms. The van der Waals surface area contributed by atoms with Gasteiger partial charge in [0.25, 0.3) is 5.91 Å². The lowest BCUT2D eigenvalue weighted by Gasteiger charge is -2.13. The van der Waals surface area contributed by atoms with Gasteiger partial charge in [-0.1, -0.05) is 17.3 Å². The molecule has 0 fully saturated rings. The summed E-state index contributed by atoms with van der Waals surface area (Å²) in [5.74, 6) is -0.448. The molecule has 7 nitrogen and oxygen atoms in total.